The molecule has 0 heterocycles. The minimum Gasteiger partial charge on any atom is -0.444 e. The van der Waals surface area contributed by atoms with Crippen LogP contribution in [0.3, 0.4) is 0 Å². The normalized spacial score (nSPS) is 36.1. The van der Waals surface area contributed by atoms with Crippen molar-refractivity contribution >= 4 is 6.09 Å². The van der Waals surface area contributed by atoms with E-state index in [2.05, 4.69) is 15.3 Å². The molecule has 4 fully saturated rings. The average molecular weight is 336 g/mol. The van der Waals surface area contributed by atoms with Crippen LogP contribution in [0.5, 0.6) is 0 Å². The van der Waals surface area contributed by atoms with E-state index in [0.717, 1.165) is 12.8 Å². The zero-order valence-corrected chi connectivity index (χ0v) is 14.7. The lowest BCUT2D eigenvalue weighted by molar-refractivity contribution is -0.0264. The van der Waals surface area contributed by atoms with Gasteiger partial charge in [0.05, 0.1) is 12.1 Å². The molecule has 0 saturated heterocycles. The number of carbonyl (C=O) groups excluding carboxylic acids is 1. The summed E-state index contributed by atoms with van der Waals surface area (Å²) in [6.07, 6.45) is 4.44. The number of amides is 1. The van der Waals surface area contributed by atoms with E-state index in [1.807, 2.05) is 0 Å². The Balaban J connectivity index is 1.73. The van der Waals surface area contributed by atoms with E-state index in [9.17, 15) is 9.90 Å². The smallest absolute Gasteiger partial charge is 0.407 e. The molecule has 0 aromatic carbocycles. The van der Waals surface area contributed by atoms with E-state index in [0.29, 0.717) is 17.8 Å². The van der Waals surface area contributed by atoms with E-state index < -0.39 is 23.8 Å². The van der Waals surface area contributed by atoms with Gasteiger partial charge in [-0.25, -0.2) is 4.79 Å². The molecule has 4 bridgehead atoms. The van der Waals surface area contributed by atoms with Gasteiger partial charge in [-0.2, -0.15) is 0 Å². The van der Waals surface area contributed by atoms with E-state index in [4.69, 9.17) is 10.3 Å². The van der Waals surface area contributed by atoms with Crippen molar-refractivity contribution in [2.24, 2.45) is 28.3 Å². The molecule has 0 radical (unpaired) electrons. The molecule has 4 aliphatic rings. The predicted octanol–water partition coefficient (Wildman–Crippen LogP) is 3.38. The molecule has 7 nitrogen and oxygen atoms in total. The largest absolute Gasteiger partial charge is 0.444 e. The summed E-state index contributed by atoms with van der Waals surface area (Å²) in [5.41, 5.74) is 7.91. The lowest BCUT2D eigenvalue weighted by Crippen LogP contribution is -2.54. The monoisotopic (exact) mass is 336 g/mol. The van der Waals surface area contributed by atoms with E-state index in [1.54, 1.807) is 20.8 Å². The van der Waals surface area contributed by atoms with Crippen LogP contribution in [0.15, 0.2) is 5.11 Å². The summed E-state index contributed by atoms with van der Waals surface area (Å²) in [7, 11) is 0. The fraction of sp³-hybridized carbons (Fsp3) is 0.941. The highest BCUT2D eigenvalue weighted by molar-refractivity contribution is 5.68. The number of alkyl carbamates (subject to hydrolysis) is 1. The quantitative estimate of drug-likeness (QED) is 0.456. The summed E-state index contributed by atoms with van der Waals surface area (Å²) in [6.45, 7) is 5.42. The second-order valence-corrected chi connectivity index (χ2v) is 8.89. The molecule has 0 aliphatic heterocycles. The number of hydrogen-bond acceptors (Lipinski definition) is 4. The predicted molar refractivity (Wildman–Crippen MR) is 89.2 cm³/mol. The van der Waals surface area contributed by atoms with Crippen LogP contribution in [0.2, 0.25) is 0 Å². The number of carbonyl (C=O) groups is 1. The summed E-state index contributed by atoms with van der Waals surface area (Å²) in [5.74, 6) is 1.95. The molecule has 0 aromatic heterocycles. The van der Waals surface area contributed by atoms with Gasteiger partial charge in [0.25, 0.3) is 0 Å². The van der Waals surface area contributed by atoms with Crippen LogP contribution in [0.1, 0.15) is 52.9 Å². The number of ether oxygens (including phenoxy) is 1. The van der Waals surface area contributed by atoms with Gasteiger partial charge < -0.3 is 15.2 Å². The van der Waals surface area contributed by atoms with E-state index in [1.165, 1.54) is 19.3 Å². The molecule has 2 unspecified atom stereocenters. The van der Waals surface area contributed by atoms with E-state index in [-0.39, 0.29) is 12.0 Å². The maximum Gasteiger partial charge on any atom is 0.407 e. The van der Waals surface area contributed by atoms with Crippen molar-refractivity contribution in [3.8, 4) is 0 Å². The van der Waals surface area contributed by atoms with Crippen LogP contribution in [-0.4, -0.2) is 35.5 Å². The number of aliphatic hydroxyl groups excluding tert-OH is 1. The molecular formula is C17H28N4O3. The Morgan fingerprint density at radius 3 is 2.54 bits per heavy atom. The van der Waals surface area contributed by atoms with Crippen LogP contribution in [-0.2, 0) is 4.74 Å². The van der Waals surface area contributed by atoms with Crippen molar-refractivity contribution in [2.75, 3.05) is 6.54 Å². The SMILES string of the molecule is CC(C)(C)OC(=O)N[C@H](CN=[N+]=[N-])[C@@H](O)C12CC3CC(CC1C3)C2. The lowest BCUT2D eigenvalue weighted by atomic mass is 9.70. The molecule has 24 heavy (non-hydrogen) atoms. The zero-order valence-electron chi connectivity index (χ0n) is 14.7. The molecule has 1 amide bonds. The van der Waals surface area contributed by atoms with Gasteiger partial charge in [-0.15, -0.1) is 0 Å². The fourth-order valence-electron chi connectivity index (χ4n) is 5.55. The van der Waals surface area contributed by atoms with Crippen LogP contribution in [0.25, 0.3) is 10.4 Å². The van der Waals surface area contributed by atoms with Crippen molar-refractivity contribution in [1.82, 2.24) is 5.32 Å². The minimum atomic E-state index is -0.698. The van der Waals surface area contributed by atoms with Gasteiger partial charge in [0.15, 0.2) is 0 Å². The fourth-order valence-corrected chi connectivity index (χ4v) is 5.55. The molecule has 4 rings (SSSR count). The minimum absolute atomic E-state index is 0.0424. The zero-order chi connectivity index (χ0) is 17.5. The second-order valence-electron chi connectivity index (χ2n) is 8.89. The van der Waals surface area contributed by atoms with Crippen molar-refractivity contribution in [3.63, 3.8) is 0 Å². The Morgan fingerprint density at radius 1 is 1.38 bits per heavy atom. The third-order valence-electron chi connectivity index (χ3n) is 6.07. The third kappa shape index (κ3) is 3.20. The maximum atomic E-state index is 12.1. The molecule has 134 valence electrons. The second kappa shape index (κ2) is 6.12. The maximum absolute atomic E-state index is 12.1. The van der Waals surface area contributed by atoms with Crippen LogP contribution in [0, 0.1) is 23.2 Å². The summed E-state index contributed by atoms with van der Waals surface area (Å²) in [6, 6.07) is -0.603. The van der Waals surface area contributed by atoms with Gasteiger partial charge in [0.1, 0.15) is 5.60 Å². The van der Waals surface area contributed by atoms with Crippen molar-refractivity contribution in [1.29, 1.82) is 0 Å². The van der Waals surface area contributed by atoms with Gasteiger partial charge in [0.2, 0.25) is 0 Å². The highest BCUT2D eigenvalue weighted by Gasteiger charge is 2.61. The summed E-state index contributed by atoms with van der Waals surface area (Å²) in [4.78, 5) is 14.9. The topological polar surface area (TPSA) is 107 Å². The first-order chi connectivity index (χ1) is 11.2. The number of nitrogens with one attached hydrogen (secondary N) is 1. The van der Waals surface area contributed by atoms with Gasteiger partial charge >= 0.3 is 6.09 Å². The molecule has 0 spiro atoms. The van der Waals surface area contributed by atoms with Crippen molar-refractivity contribution in [2.45, 2.75) is 70.6 Å². The lowest BCUT2D eigenvalue weighted by Gasteiger charge is -2.41. The van der Waals surface area contributed by atoms with Gasteiger partial charge in [-0.1, -0.05) is 5.11 Å². The van der Waals surface area contributed by atoms with Gasteiger partial charge in [-0.05, 0) is 76.2 Å². The Kier molecular flexibility index (Phi) is 4.43. The average Bonchev–Trinajstić information content (AvgIpc) is 2.86. The van der Waals surface area contributed by atoms with Crippen molar-refractivity contribution in [3.05, 3.63) is 10.4 Å². The highest BCUT2D eigenvalue weighted by atomic mass is 16.6. The molecule has 4 saturated carbocycles. The molecular weight excluding hydrogens is 308 g/mol. The number of azide groups is 1. The third-order valence-corrected chi connectivity index (χ3v) is 6.07. The molecule has 7 heteroatoms. The van der Waals surface area contributed by atoms with Crippen molar-refractivity contribution < 1.29 is 14.6 Å². The summed E-state index contributed by atoms with van der Waals surface area (Å²) in [5, 5.41) is 17.5. The summed E-state index contributed by atoms with van der Waals surface area (Å²) >= 11 is 0. The Hall–Kier alpha value is -1.46. The molecule has 2 N–H and O–H groups in total. The van der Waals surface area contributed by atoms with Crippen LogP contribution < -0.4 is 5.32 Å². The highest BCUT2D eigenvalue weighted by Crippen LogP contribution is 2.67. The number of nitrogens with zero attached hydrogens (tertiary/aromatic N) is 3. The number of rotatable bonds is 5. The first-order valence-electron chi connectivity index (χ1n) is 8.92. The van der Waals surface area contributed by atoms with E-state index >= 15 is 0 Å². The Labute approximate surface area is 142 Å². The Bertz CT molecular complexity index is 539. The first kappa shape index (κ1) is 17.4. The summed E-state index contributed by atoms with van der Waals surface area (Å²) < 4.78 is 5.30. The number of hydrogen-bond donors (Lipinski definition) is 2. The number of aliphatic hydroxyl groups is 1. The van der Waals surface area contributed by atoms with Crippen LogP contribution >= 0.6 is 0 Å². The molecule has 4 atom stereocenters. The van der Waals surface area contributed by atoms with Gasteiger partial charge in [-0.3, -0.25) is 0 Å². The standard InChI is InChI=1S/C17H28N4O3/c1-16(2,3)24-15(23)20-13(9-19-21-18)14(22)17-7-10-4-11(8-17)6-12(17)5-10/h10-14,22H,4-9H2,1-3H3,(H,20,23)/t10?,11?,12?,13-,14-,17?/m1/s1. The Morgan fingerprint density at radius 2 is 2.00 bits per heavy atom. The molecule has 4 aliphatic carbocycles. The van der Waals surface area contributed by atoms with Gasteiger partial charge in [0, 0.05) is 16.9 Å². The molecule has 0 aromatic rings. The first-order valence-corrected chi connectivity index (χ1v) is 8.92. The van der Waals surface area contributed by atoms with Crippen LogP contribution in [0.4, 0.5) is 4.79 Å².